The van der Waals surface area contributed by atoms with Gasteiger partial charge in [0, 0.05) is 30.4 Å². The minimum atomic E-state index is -0.0321. The van der Waals surface area contributed by atoms with Crippen LogP contribution in [-0.4, -0.2) is 30.5 Å². The maximum Gasteiger partial charge on any atom is 0.251 e. The Kier molecular flexibility index (Phi) is 4.88. The second-order valence-corrected chi connectivity index (χ2v) is 6.39. The summed E-state index contributed by atoms with van der Waals surface area (Å²) in [6, 6.07) is 7.79. The number of benzene rings is 1. The molecule has 0 saturated heterocycles. The molecule has 1 amide bonds. The van der Waals surface area contributed by atoms with Crippen molar-refractivity contribution in [1.29, 1.82) is 0 Å². The molecule has 1 aliphatic carbocycles. The highest BCUT2D eigenvalue weighted by molar-refractivity contribution is 8.00. The molecule has 1 aliphatic rings. The molecule has 2 N–H and O–H groups in total. The fourth-order valence-electron chi connectivity index (χ4n) is 2.38. The summed E-state index contributed by atoms with van der Waals surface area (Å²) in [7, 11) is 1.65. The standard InChI is InChI=1S/C15H22N2OS/c1-16-14(18)13-6-4-12(5-7-13)10-17-11-15(19-2)8-3-9-15/h4-7,17H,3,8-11H2,1-2H3,(H,16,18). The zero-order valence-corrected chi connectivity index (χ0v) is 12.5. The number of nitrogens with one attached hydrogen (secondary N) is 2. The van der Waals surface area contributed by atoms with Crippen molar-refractivity contribution in [3.63, 3.8) is 0 Å². The Morgan fingerprint density at radius 2 is 2.00 bits per heavy atom. The van der Waals surface area contributed by atoms with Crippen LogP contribution in [0, 0.1) is 0 Å². The molecule has 0 spiro atoms. The van der Waals surface area contributed by atoms with Crippen molar-refractivity contribution < 1.29 is 4.79 Å². The van der Waals surface area contributed by atoms with Crippen LogP contribution in [0.4, 0.5) is 0 Å². The molecule has 104 valence electrons. The van der Waals surface area contributed by atoms with E-state index in [-0.39, 0.29) is 5.91 Å². The Labute approximate surface area is 119 Å². The highest BCUT2D eigenvalue weighted by atomic mass is 32.2. The molecule has 1 aromatic carbocycles. The Morgan fingerprint density at radius 1 is 1.32 bits per heavy atom. The van der Waals surface area contributed by atoms with Crippen molar-refractivity contribution in [2.75, 3.05) is 19.8 Å². The molecule has 0 atom stereocenters. The molecule has 1 fully saturated rings. The first-order valence-electron chi connectivity index (χ1n) is 6.76. The van der Waals surface area contributed by atoms with Gasteiger partial charge in [-0.05, 0) is 36.8 Å². The molecule has 3 nitrogen and oxygen atoms in total. The van der Waals surface area contributed by atoms with Crippen molar-refractivity contribution in [3.05, 3.63) is 35.4 Å². The van der Waals surface area contributed by atoms with Gasteiger partial charge >= 0.3 is 0 Å². The fourth-order valence-corrected chi connectivity index (χ4v) is 3.32. The average Bonchev–Trinajstić information content (AvgIpc) is 2.41. The maximum atomic E-state index is 11.4. The molecule has 0 aliphatic heterocycles. The predicted octanol–water partition coefficient (Wildman–Crippen LogP) is 2.42. The van der Waals surface area contributed by atoms with Crippen molar-refractivity contribution in [2.45, 2.75) is 30.6 Å². The normalized spacial score (nSPS) is 16.7. The molecule has 0 unspecified atom stereocenters. The quantitative estimate of drug-likeness (QED) is 0.839. The van der Waals surface area contributed by atoms with Crippen LogP contribution in [-0.2, 0) is 6.54 Å². The summed E-state index contributed by atoms with van der Waals surface area (Å²) < 4.78 is 0.474. The number of hydrogen-bond acceptors (Lipinski definition) is 3. The number of amides is 1. The summed E-state index contributed by atoms with van der Waals surface area (Å²) in [6.07, 6.45) is 6.23. The Bertz CT molecular complexity index is 421. The lowest BCUT2D eigenvalue weighted by molar-refractivity contribution is 0.0963. The van der Waals surface area contributed by atoms with Crippen LogP contribution in [0.1, 0.15) is 35.2 Å². The molecule has 0 aromatic heterocycles. The summed E-state index contributed by atoms with van der Waals surface area (Å²) in [5, 5.41) is 6.17. The van der Waals surface area contributed by atoms with Crippen molar-refractivity contribution >= 4 is 17.7 Å². The van der Waals surface area contributed by atoms with Gasteiger partial charge in [0.2, 0.25) is 0 Å². The Morgan fingerprint density at radius 3 is 2.47 bits per heavy atom. The first kappa shape index (κ1) is 14.4. The van der Waals surface area contributed by atoms with E-state index in [1.807, 2.05) is 36.0 Å². The van der Waals surface area contributed by atoms with Crippen LogP contribution in [0.15, 0.2) is 24.3 Å². The molecule has 1 saturated carbocycles. The second-order valence-electron chi connectivity index (χ2n) is 5.12. The van der Waals surface area contributed by atoms with E-state index in [1.54, 1.807) is 7.05 Å². The molecular weight excluding hydrogens is 256 g/mol. The van der Waals surface area contributed by atoms with Crippen LogP contribution in [0.3, 0.4) is 0 Å². The van der Waals surface area contributed by atoms with Gasteiger partial charge in [0.05, 0.1) is 0 Å². The minimum Gasteiger partial charge on any atom is -0.355 e. The molecule has 1 aromatic rings. The summed E-state index contributed by atoms with van der Waals surface area (Å²) in [4.78, 5) is 11.4. The third-order valence-electron chi connectivity index (χ3n) is 3.92. The first-order valence-corrected chi connectivity index (χ1v) is 7.98. The van der Waals surface area contributed by atoms with Crippen LogP contribution >= 0.6 is 11.8 Å². The summed E-state index contributed by atoms with van der Waals surface area (Å²) in [6.45, 7) is 1.95. The topological polar surface area (TPSA) is 41.1 Å². The Hall–Kier alpha value is -1.00. The van der Waals surface area contributed by atoms with Gasteiger partial charge in [0.1, 0.15) is 0 Å². The van der Waals surface area contributed by atoms with E-state index >= 15 is 0 Å². The van der Waals surface area contributed by atoms with E-state index in [2.05, 4.69) is 16.9 Å². The zero-order valence-electron chi connectivity index (χ0n) is 11.7. The molecule has 0 heterocycles. The van der Waals surface area contributed by atoms with Crippen molar-refractivity contribution in [2.24, 2.45) is 0 Å². The highest BCUT2D eigenvalue weighted by Gasteiger charge is 2.35. The highest BCUT2D eigenvalue weighted by Crippen LogP contribution is 2.42. The Balaban J connectivity index is 1.81. The third-order valence-corrected chi connectivity index (χ3v) is 5.34. The summed E-state index contributed by atoms with van der Waals surface area (Å²) in [5.41, 5.74) is 1.94. The predicted molar refractivity (Wildman–Crippen MR) is 81.6 cm³/mol. The smallest absolute Gasteiger partial charge is 0.251 e. The maximum absolute atomic E-state index is 11.4. The number of carbonyl (C=O) groups excluding carboxylic acids is 1. The van der Waals surface area contributed by atoms with Crippen LogP contribution in [0.5, 0.6) is 0 Å². The molecule has 19 heavy (non-hydrogen) atoms. The van der Waals surface area contributed by atoms with Crippen LogP contribution in [0.25, 0.3) is 0 Å². The van der Waals surface area contributed by atoms with E-state index in [0.717, 1.165) is 13.1 Å². The van der Waals surface area contributed by atoms with Gasteiger partial charge in [-0.3, -0.25) is 4.79 Å². The second kappa shape index (κ2) is 6.44. The first-order chi connectivity index (χ1) is 9.19. The van der Waals surface area contributed by atoms with E-state index in [0.29, 0.717) is 10.3 Å². The largest absolute Gasteiger partial charge is 0.355 e. The van der Waals surface area contributed by atoms with Gasteiger partial charge in [-0.1, -0.05) is 18.6 Å². The van der Waals surface area contributed by atoms with Gasteiger partial charge in [0.15, 0.2) is 0 Å². The molecule has 2 rings (SSSR count). The van der Waals surface area contributed by atoms with Crippen molar-refractivity contribution in [1.82, 2.24) is 10.6 Å². The van der Waals surface area contributed by atoms with Gasteiger partial charge in [-0.15, -0.1) is 0 Å². The van der Waals surface area contributed by atoms with Crippen LogP contribution < -0.4 is 10.6 Å². The van der Waals surface area contributed by atoms with E-state index in [1.165, 1.54) is 24.8 Å². The lowest BCUT2D eigenvalue weighted by Gasteiger charge is -2.40. The number of rotatable bonds is 6. The summed E-state index contributed by atoms with van der Waals surface area (Å²) in [5.74, 6) is -0.0321. The molecular formula is C15H22N2OS. The van der Waals surface area contributed by atoms with Gasteiger partial charge < -0.3 is 10.6 Å². The zero-order chi connectivity index (χ0) is 13.7. The van der Waals surface area contributed by atoms with E-state index < -0.39 is 0 Å². The average molecular weight is 278 g/mol. The van der Waals surface area contributed by atoms with Gasteiger partial charge in [0.25, 0.3) is 5.91 Å². The summed E-state index contributed by atoms with van der Waals surface area (Å²) >= 11 is 1.99. The van der Waals surface area contributed by atoms with Gasteiger partial charge in [-0.2, -0.15) is 11.8 Å². The lowest BCUT2D eigenvalue weighted by Crippen LogP contribution is -2.43. The molecule has 0 bridgehead atoms. The lowest BCUT2D eigenvalue weighted by atomic mass is 9.84. The van der Waals surface area contributed by atoms with E-state index in [4.69, 9.17) is 0 Å². The fraction of sp³-hybridized carbons (Fsp3) is 0.533. The van der Waals surface area contributed by atoms with Crippen molar-refractivity contribution in [3.8, 4) is 0 Å². The minimum absolute atomic E-state index is 0.0321. The monoisotopic (exact) mass is 278 g/mol. The van der Waals surface area contributed by atoms with Gasteiger partial charge in [-0.25, -0.2) is 0 Å². The van der Waals surface area contributed by atoms with Crippen LogP contribution in [0.2, 0.25) is 0 Å². The number of thioether (sulfide) groups is 1. The number of hydrogen-bond donors (Lipinski definition) is 2. The SMILES string of the molecule is CNC(=O)c1ccc(CNCC2(SC)CCC2)cc1. The molecule has 4 heteroatoms. The molecule has 0 radical (unpaired) electrons. The third kappa shape index (κ3) is 3.51. The van der Waals surface area contributed by atoms with E-state index in [9.17, 15) is 4.79 Å². The number of carbonyl (C=O) groups is 1.